The summed E-state index contributed by atoms with van der Waals surface area (Å²) in [6.45, 7) is 5.31. The zero-order chi connectivity index (χ0) is 17.2. The van der Waals surface area contributed by atoms with Crippen molar-refractivity contribution in [2.24, 2.45) is 0 Å². The van der Waals surface area contributed by atoms with E-state index in [-0.39, 0.29) is 0 Å². The van der Waals surface area contributed by atoms with E-state index in [4.69, 9.17) is 5.73 Å². The lowest BCUT2D eigenvalue weighted by Crippen LogP contribution is -2.43. The maximum absolute atomic E-state index is 10.1. The first-order chi connectivity index (χ1) is 11.4. The first kappa shape index (κ1) is 16.2. The summed E-state index contributed by atoms with van der Waals surface area (Å²) in [4.78, 5) is 14.9. The molecule has 0 saturated carbocycles. The summed E-state index contributed by atoms with van der Waals surface area (Å²) in [5, 5.41) is 10.1. The minimum atomic E-state index is -0.597. The molecule has 1 saturated heterocycles. The fraction of sp³-hybridized carbons (Fsp3) is 0.389. The Labute approximate surface area is 141 Å². The number of aryl methyl sites for hydroxylation is 1. The number of nitrogens with two attached hydrogens (primary N) is 1. The molecule has 6 heteroatoms. The Hall–Kier alpha value is -2.65. The van der Waals surface area contributed by atoms with Crippen LogP contribution in [0.2, 0.25) is 0 Å². The lowest BCUT2D eigenvalue weighted by Gasteiger charge is -2.36. The van der Waals surface area contributed by atoms with Crippen molar-refractivity contribution in [2.75, 3.05) is 23.7 Å². The largest absolute Gasteiger partial charge is 0.390 e. The van der Waals surface area contributed by atoms with E-state index in [9.17, 15) is 5.11 Å². The van der Waals surface area contributed by atoms with Crippen LogP contribution >= 0.6 is 0 Å². The summed E-state index contributed by atoms with van der Waals surface area (Å²) in [6.07, 6.45) is 4.64. The van der Waals surface area contributed by atoms with Gasteiger partial charge in [-0.05, 0) is 38.8 Å². The van der Waals surface area contributed by atoms with E-state index in [0.717, 1.165) is 35.7 Å². The summed E-state index contributed by atoms with van der Waals surface area (Å²) in [6, 6.07) is 3.57. The lowest BCUT2D eigenvalue weighted by molar-refractivity contribution is 0.0350. The number of anilines is 2. The zero-order valence-electron chi connectivity index (χ0n) is 14.0. The highest BCUT2D eigenvalue weighted by Crippen LogP contribution is 2.27. The van der Waals surface area contributed by atoms with Crippen LogP contribution in [0.5, 0.6) is 0 Å². The number of pyridine rings is 1. The van der Waals surface area contributed by atoms with Crippen molar-refractivity contribution in [3.63, 3.8) is 0 Å². The van der Waals surface area contributed by atoms with Crippen molar-refractivity contribution in [2.45, 2.75) is 32.3 Å². The molecule has 1 aliphatic rings. The molecule has 3 rings (SSSR count). The number of nitrogens with zero attached hydrogens (tertiary/aromatic N) is 4. The molecular formula is C18H21N5O. The van der Waals surface area contributed by atoms with Crippen molar-refractivity contribution in [1.82, 2.24) is 15.0 Å². The molecule has 0 atom stereocenters. The molecule has 3 heterocycles. The number of nitrogen functional groups attached to an aromatic ring is 1. The predicted octanol–water partition coefficient (Wildman–Crippen LogP) is 1.51. The summed E-state index contributed by atoms with van der Waals surface area (Å²) in [7, 11) is 0. The molecule has 124 valence electrons. The molecular weight excluding hydrogens is 302 g/mol. The highest BCUT2D eigenvalue weighted by molar-refractivity contribution is 5.59. The Kier molecular flexibility index (Phi) is 4.36. The molecule has 0 radical (unpaired) electrons. The van der Waals surface area contributed by atoms with E-state index in [2.05, 4.69) is 31.7 Å². The van der Waals surface area contributed by atoms with Gasteiger partial charge in [0.1, 0.15) is 18.0 Å². The summed E-state index contributed by atoms with van der Waals surface area (Å²) < 4.78 is 0. The normalized spacial score (nSPS) is 16.4. The van der Waals surface area contributed by atoms with Crippen LogP contribution in [0.3, 0.4) is 0 Å². The standard InChI is InChI=1S/C18H21N5O/c1-13-15(5-3-14-4-6-16(19)20-11-14)17(22-12-21-13)23-9-7-18(2,24)8-10-23/h4,6,11-12,24H,7-10H2,1-2H3,(H2,19,20). The molecule has 0 aliphatic carbocycles. The van der Waals surface area contributed by atoms with Gasteiger partial charge in [-0.2, -0.15) is 0 Å². The minimum Gasteiger partial charge on any atom is -0.390 e. The topological polar surface area (TPSA) is 88.2 Å². The molecule has 0 bridgehead atoms. The number of piperidine rings is 1. The van der Waals surface area contributed by atoms with Crippen molar-refractivity contribution < 1.29 is 5.11 Å². The number of hydrogen-bond acceptors (Lipinski definition) is 6. The molecule has 1 aliphatic heterocycles. The Morgan fingerprint density at radius 2 is 1.92 bits per heavy atom. The van der Waals surface area contributed by atoms with Gasteiger partial charge in [-0.25, -0.2) is 15.0 Å². The van der Waals surface area contributed by atoms with Gasteiger partial charge in [0.2, 0.25) is 0 Å². The van der Waals surface area contributed by atoms with Gasteiger partial charge in [0, 0.05) is 24.8 Å². The highest BCUT2D eigenvalue weighted by Gasteiger charge is 2.29. The molecule has 0 unspecified atom stereocenters. The summed E-state index contributed by atoms with van der Waals surface area (Å²) >= 11 is 0. The minimum absolute atomic E-state index is 0.473. The number of hydrogen-bond donors (Lipinski definition) is 2. The van der Waals surface area contributed by atoms with Crippen molar-refractivity contribution in [3.05, 3.63) is 41.5 Å². The second-order valence-corrected chi connectivity index (χ2v) is 6.36. The Bertz CT molecular complexity index is 779. The van der Waals surface area contributed by atoms with Crippen LogP contribution in [0.1, 0.15) is 36.6 Å². The Morgan fingerprint density at radius 3 is 2.58 bits per heavy atom. The lowest BCUT2D eigenvalue weighted by atomic mass is 9.93. The Morgan fingerprint density at radius 1 is 1.17 bits per heavy atom. The predicted molar refractivity (Wildman–Crippen MR) is 93.5 cm³/mol. The molecule has 2 aromatic rings. The van der Waals surface area contributed by atoms with E-state index < -0.39 is 5.60 Å². The monoisotopic (exact) mass is 323 g/mol. The molecule has 0 aromatic carbocycles. The van der Waals surface area contributed by atoms with Gasteiger partial charge in [-0.15, -0.1) is 0 Å². The van der Waals surface area contributed by atoms with Crippen LogP contribution in [0.15, 0.2) is 24.7 Å². The third-order valence-corrected chi connectivity index (χ3v) is 4.28. The van der Waals surface area contributed by atoms with Gasteiger partial charge in [-0.1, -0.05) is 11.8 Å². The number of rotatable bonds is 1. The van der Waals surface area contributed by atoms with E-state index >= 15 is 0 Å². The molecule has 0 spiro atoms. The van der Waals surface area contributed by atoms with Gasteiger partial charge >= 0.3 is 0 Å². The van der Waals surface area contributed by atoms with Gasteiger partial charge < -0.3 is 15.7 Å². The van der Waals surface area contributed by atoms with Crippen LogP contribution in [0, 0.1) is 18.8 Å². The Balaban J connectivity index is 1.90. The van der Waals surface area contributed by atoms with Crippen LogP contribution in [0.4, 0.5) is 11.6 Å². The highest BCUT2D eigenvalue weighted by atomic mass is 16.3. The van der Waals surface area contributed by atoms with Gasteiger partial charge in [0.25, 0.3) is 0 Å². The fourth-order valence-corrected chi connectivity index (χ4v) is 2.66. The maximum atomic E-state index is 10.1. The molecule has 1 fully saturated rings. The average Bonchev–Trinajstić information content (AvgIpc) is 2.55. The fourth-order valence-electron chi connectivity index (χ4n) is 2.66. The van der Waals surface area contributed by atoms with Crippen LogP contribution in [-0.4, -0.2) is 38.7 Å². The van der Waals surface area contributed by atoms with E-state index in [0.29, 0.717) is 18.7 Å². The zero-order valence-corrected chi connectivity index (χ0v) is 14.0. The number of aromatic nitrogens is 3. The first-order valence-corrected chi connectivity index (χ1v) is 7.97. The maximum Gasteiger partial charge on any atom is 0.148 e. The third kappa shape index (κ3) is 3.63. The van der Waals surface area contributed by atoms with Crippen molar-refractivity contribution in [3.8, 4) is 11.8 Å². The van der Waals surface area contributed by atoms with Crippen LogP contribution in [-0.2, 0) is 0 Å². The van der Waals surface area contributed by atoms with Crippen molar-refractivity contribution in [1.29, 1.82) is 0 Å². The molecule has 6 nitrogen and oxygen atoms in total. The van der Waals surface area contributed by atoms with Crippen molar-refractivity contribution >= 4 is 11.6 Å². The SMILES string of the molecule is Cc1ncnc(N2CCC(C)(O)CC2)c1C#Cc1ccc(N)nc1. The first-order valence-electron chi connectivity index (χ1n) is 7.97. The third-order valence-electron chi connectivity index (χ3n) is 4.28. The average molecular weight is 323 g/mol. The summed E-state index contributed by atoms with van der Waals surface area (Å²) in [5.74, 6) is 7.58. The summed E-state index contributed by atoms with van der Waals surface area (Å²) in [5.41, 5.74) is 7.45. The smallest absolute Gasteiger partial charge is 0.148 e. The number of aliphatic hydroxyl groups is 1. The second-order valence-electron chi connectivity index (χ2n) is 6.36. The molecule has 3 N–H and O–H groups in total. The van der Waals surface area contributed by atoms with Gasteiger partial charge in [-0.3, -0.25) is 0 Å². The van der Waals surface area contributed by atoms with Gasteiger partial charge in [0.15, 0.2) is 0 Å². The van der Waals surface area contributed by atoms with Gasteiger partial charge in [0.05, 0.1) is 16.9 Å². The van der Waals surface area contributed by atoms with E-state index in [1.165, 1.54) is 0 Å². The van der Waals surface area contributed by atoms with Crippen LogP contribution in [0.25, 0.3) is 0 Å². The second kappa shape index (κ2) is 6.46. The molecule has 2 aromatic heterocycles. The molecule has 24 heavy (non-hydrogen) atoms. The van der Waals surface area contributed by atoms with E-state index in [1.54, 1.807) is 18.6 Å². The van der Waals surface area contributed by atoms with E-state index in [1.807, 2.05) is 19.9 Å². The quantitative estimate of drug-likeness (QED) is 0.774. The van der Waals surface area contributed by atoms with Crippen LogP contribution < -0.4 is 10.6 Å². The molecule has 0 amide bonds.